The van der Waals surface area contributed by atoms with Crippen LogP contribution in [-0.4, -0.2) is 36.8 Å². The summed E-state index contributed by atoms with van der Waals surface area (Å²) in [4.78, 5) is 0. The van der Waals surface area contributed by atoms with Crippen LogP contribution in [0, 0.1) is 0 Å². The Hall–Kier alpha value is -6.19. The van der Waals surface area contributed by atoms with Crippen molar-refractivity contribution in [1.82, 2.24) is 0 Å². The zero-order valence-corrected chi connectivity index (χ0v) is 49.8. The Morgan fingerprint density at radius 1 is 0.453 bits per heavy atom. The lowest BCUT2D eigenvalue weighted by Gasteiger charge is -2.31. The van der Waals surface area contributed by atoms with E-state index in [1.165, 1.54) is 0 Å². The average molecular weight is 1070 g/mol. The van der Waals surface area contributed by atoms with Crippen molar-refractivity contribution < 1.29 is 49.9 Å². The van der Waals surface area contributed by atoms with E-state index < -0.39 is 36.0 Å². The number of hydrogen-bond donors (Lipinski definition) is 0. The van der Waals surface area contributed by atoms with Crippen LogP contribution in [-0.2, 0) is 21.7 Å². The molecule has 0 bridgehead atoms. The Morgan fingerprint density at radius 2 is 0.880 bits per heavy atom. The van der Waals surface area contributed by atoms with Crippen LogP contribution in [0.4, 0.5) is 0 Å². The highest BCUT2D eigenvalue weighted by Crippen LogP contribution is 2.60. The summed E-state index contributed by atoms with van der Waals surface area (Å²) in [5.74, 6) is 5.72. The highest BCUT2D eigenvalue weighted by Gasteiger charge is 2.37. The monoisotopic (exact) mass is 1070 g/mol. The zero-order chi connectivity index (χ0) is 54.3. The predicted molar refractivity (Wildman–Crippen MR) is 309 cm³/mol. The minimum Gasteiger partial charge on any atom is -0.544 e. The molecule has 1 aliphatic heterocycles. The predicted octanol–water partition coefficient (Wildman–Crippen LogP) is 18.6. The molecule has 0 spiro atoms. The molecule has 75 heavy (non-hydrogen) atoms. The van der Waals surface area contributed by atoms with Crippen LogP contribution < -0.4 is 41.5 Å². The third-order valence-electron chi connectivity index (χ3n) is 13.3. The fourth-order valence-corrected chi connectivity index (χ4v) is 12.6. The Balaban J connectivity index is 1.34. The van der Waals surface area contributed by atoms with Gasteiger partial charge in [0.2, 0.25) is 8.32 Å². The van der Waals surface area contributed by atoms with Crippen molar-refractivity contribution in [3.63, 3.8) is 0 Å². The van der Waals surface area contributed by atoms with Crippen LogP contribution in [0.3, 0.4) is 0 Å². The van der Waals surface area contributed by atoms with Gasteiger partial charge >= 0.3 is 16.8 Å². The molecule has 0 fully saturated rings. The molecular weight excluding hydrogens is 999 g/mol. The molecule has 0 saturated heterocycles. The number of methoxy groups -OCH3 is 4. The van der Waals surface area contributed by atoms with E-state index in [1.54, 1.807) is 28.4 Å². The Kier molecular flexibility index (Phi) is 13.9. The molecule has 0 radical (unpaired) electrons. The van der Waals surface area contributed by atoms with Gasteiger partial charge in [-0.05, 0) is 119 Å². The fourth-order valence-electron chi connectivity index (χ4n) is 9.57. The molecule has 1 atom stereocenters. The summed E-state index contributed by atoms with van der Waals surface area (Å²) in [6, 6.07) is 30.4. The summed E-state index contributed by atoms with van der Waals surface area (Å²) in [7, 11) is 0.208. The van der Waals surface area contributed by atoms with E-state index in [1.807, 2.05) is 72.8 Å². The molecule has 1 aliphatic rings. The van der Waals surface area contributed by atoms with Gasteiger partial charge in [-0.15, -0.1) is 0 Å². The van der Waals surface area contributed by atoms with Crippen LogP contribution in [0.15, 0.2) is 99.4 Å². The van der Waals surface area contributed by atoms with Gasteiger partial charge in [-0.2, -0.15) is 0 Å². The summed E-state index contributed by atoms with van der Waals surface area (Å²) < 4.78 is 74.3. The largest absolute Gasteiger partial charge is 0.544 e. The van der Waals surface area contributed by atoms with E-state index in [9.17, 15) is 0 Å². The van der Waals surface area contributed by atoms with E-state index in [0.29, 0.717) is 68.3 Å². The molecule has 2 heterocycles. The second-order valence-electron chi connectivity index (χ2n) is 24.3. The number of ether oxygens (including phenoxy) is 4. The molecule has 0 amide bonds. The highest BCUT2D eigenvalue weighted by molar-refractivity contribution is 7.43. The van der Waals surface area contributed by atoms with E-state index in [-0.39, 0.29) is 10.8 Å². The molecule has 0 N–H and O–H groups in total. The SMILES string of the molecule is COc1cc(-c2cc(OC)cc(C(C)(C)C)c2Op2oc3c(C(C)(C)C)cc(OC)cc3c3cc(OC)cc(C(C)(C)C)c3o2)c(OP2Oc3cccc4cc5cccc(O[Si](C)(C)C)c5c(c34)O2)c(C(C)(C)C)c1. The van der Waals surface area contributed by atoms with E-state index in [2.05, 4.69) is 121 Å². The highest BCUT2D eigenvalue weighted by atomic mass is 31.2. The Bertz CT molecular complexity index is 3480. The third kappa shape index (κ3) is 10.6. The van der Waals surface area contributed by atoms with Crippen molar-refractivity contribution in [3.8, 4) is 62.9 Å². The van der Waals surface area contributed by atoms with Gasteiger partial charge in [0.1, 0.15) is 57.2 Å². The lowest BCUT2D eigenvalue weighted by Crippen LogP contribution is -2.29. The normalized spacial score (nSPS) is 14.1. The van der Waals surface area contributed by atoms with Crippen LogP contribution in [0.25, 0.3) is 54.6 Å². The van der Waals surface area contributed by atoms with Crippen molar-refractivity contribution in [1.29, 1.82) is 0 Å². The lowest BCUT2D eigenvalue weighted by molar-refractivity contribution is 0.375. The fraction of sp³-hybridized carbons (Fsp3) is 0.377. The standard InChI is InChI=1S/C61H72O11P2Si/c1-58(2,3)45-31-37(62-13)27-41(53(45)67-73-66-49-24-20-22-35-26-36-23-21-25-50(72-75(17,18)19)52(36)57(71-73)51(35)49)42-28-38(63-14)32-46(59(4,5)6)54(42)68-74-69-55-43(29-39(64-15)33-47(55)60(7,8)9)44-30-40(65-16)34-48(56(44)70-74)61(10,11)12/h20-34H,1-19H3. The van der Waals surface area contributed by atoms with Crippen LogP contribution in [0.5, 0.6) is 51.7 Å². The average Bonchev–Trinajstić information content (AvgIpc) is 3.48. The Labute approximate surface area is 445 Å². The Morgan fingerprint density at radius 3 is 1.33 bits per heavy atom. The van der Waals surface area contributed by atoms with Gasteiger partial charge in [-0.1, -0.05) is 107 Å². The minimum atomic E-state index is -2.28. The van der Waals surface area contributed by atoms with Gasteiger partial charge in [-0.3, -0.25) is 0 Å². The van der Waals surface area contributed by atoms with Crippen LogP contribution >= 0.6 is 16.8 Å². The summed E-state index contributed by atoms with van der Waals surface area (Å²) in [5.41, 5.74) is 4.34. The van der Waals surface area contributed by atoms with Gasteiger partial charge < -0.3 is 49.9 Å². The number of hydrogen-bond acceptors (Lipinski definition) is 11. The first kappa shape index (κ1) is 53.6. The molecule has 1 aromatic heterocycles. The lowest BCUT2D eigenvalue weighted by atomic mass is 9.81. The molecule has 9 rings (SSSR count). The van der Waals surface area contributed by atoms with E-state index >= 15 is 0 Å². The second kappa shape index (κ2) is 19.4. The van der Waals surface area contributed by atoms with Crippen LogP contribution in [0.2, 0.25) is 19.6 Å². The van der Waals surface area contributed by atoms with Gasteiger partial charge in [0.15, 0.2) is 5.75 Å². The molecule has 8 aromatic rings. The summed E-state index contributed by atoms with van der Waals surface area (Å²) >= 11 is 0. The first-order chi connectivity index (χ1) is 35.1. The number of rotatable bonds is 11. The van der Waals surface area contributed by atoms with Gasteiger partial charge in [0, 0.05) is 44.2 Å². The zero-order valence-electron chi connectivity index (χ0n) is 47.0. The van der Waals surface area contributed by atoms with Crippen molar-refractivity contribution in [3.05, 3.63) is 113 Å². The molecule has 1 unspecified atom stereocenters. The van der Waals surface area contributed by atoms with Crippen LogP contribution in [0.1, 0.15) is 105 Å². The van der Waals surface area contributed by atoms with Crippen molar-refractivity contribution in [2.75, 3.05) is 28.4 Å². The molecule has 14 heteroatoms. The minimum absolute atomic E-state index is 0.389. The molecule has 0 aliphatic carbocycles. The first-order valence-electron chi connectivity index (χ1n) is 25.4. The maximum absolute atomic E-state index is 7.51. The van der Waals surface area contributed by atoms with E-state index in [0.717, 1.165) is 60.3 Å². The second-order valence-corrected chi connectivity index (χ2v) is 30.7. The van der Waals surface area contributed by atoms with Crippen molar-refractivity contribution in [2.45, 2.75) is 124 Å². The van der Waals surface area contributed by atoms with E-state index in [4.69, 9.17) is 49.9 Å². The molecule has 0 saturated carbocycles. The molecular formula is C61H72O11P2Si. The smallest absolute Gasteiger partial charge is 0.530 e. The van der Waals surface area contributed by atoms with Gasteiger partial charge in [0.25, 0.3) is 0 Å². The van der Waals surface area contributed by atoms with Crippen molar-refractivity contribution >= 4 is 68.6 Å². The topological polar surface area (TPSA) is 109 Å². The maximum atomic E-state index is 7.51. The molecule has 396 valence electrons. The summed E-state index contributed by atoms with van der Waals surface area (Å²) in [6.45, 7) is 32.4. The third-order valence-corrected chi connectivity index (χ3v) is 16.1. The number of benzene rings is 7. The molecule has 11 nitrogen and oxygen atoms in total. The molecule has 7 aromatic carbocycles. The first-order valence-corrected chi connectivity index (χ1v) is 31.0. The van der Waals surface area contributed by atoms with Crippen molar-refractivity contribution in [2.24, 2.45) is 0 Å². The summed E-state index contributed by atoms with van der Waals surface area (Å²) in [6.07, 6.45) is 0. The van der Waals surface area contributed by atoms with Gasteiger partial charge in [-0.25, -0.2) is 0 Å². The van der Waals surface area contributed by atoms with Gasteiger partial charge in [0.05, 0.1) is 39.2 Å². The number of fused-ring (bicyclic) bond motifs is 5. The maximum Gasteiger partial charge on any atom is 0.530 e. The quantitative estimate of drug-likeness (QED) is 0.0702. The summed E-state index contributed by atoms with van der Waals surface area (Å²) in [5, 5.41) is 5.32.